The van der Waals surface area contributed by atoms with E-state index in [1.165, 1.54) is 57.8 Å². The molecule has 0 aliphatic heterocycles. The molecule has 3 saturated carbocycles. The fraction of sp³-hybridized carbons (Fsp3) is 0.912. The van der Waals surface area contributed by atoms with Crippen molar-refractivity contribution in [1.82, 2.24) is 0 Å². The first kappa shape index (κ1) is 29.9. The number of allylic oxidation sites excluding steroid dienone is 2. The number of unbranched alkanes of at least 4 members (excludes halogenated alkanes) is 2. The Morgan fingerprint density at radius 1 is 1.00 bits per heavy atom. The maximum Gasteiger partial charge on any atom is 0.404 e. The minimum atomic E-state index is -0.635. The summed E-state index contributed by atoms with van der Waals surface area (Å²) in [4.78, 5) is 11.7. The summed E-state index contributed by atoms with van der Waals surface area (Å²) in [5.41, 5.74) is 8.00. The molecule has 4 aliphatic rings. The number of amides is 1. The highest BCUT2D eigenvalue weighted by atomic mass is 16.6. The molecule has 0 aromatic rings. The second-order valence-electron chi connectivity index (χ2n) is 14.8. The summed E-state index contributed by atoms with van der Waals surface area (Å²) in [5, 5.41) is 9.13. The van der Waals surface area contributed by atoms with Gasteiger partial charge in [0.15, 0.2) is 0 Å². The molecule has 1 amide bonds. The van der Waals surface area contributed by atoms with Crippen molar-refractivity contribution in [3.63, 3.8) is 0 Å². The first-order valence-corrected chi connectivity index (χ1v) is 16.4. The van der Waals surface area contributed by atoms with E-state index in [9.17, 15) is 4.79 Å². The lowest BCUT2D eigenvalue weighted by Gasteiger charge is -2.59. The zero-order valence-electron chi connectivity index (χ0n) is 25.4. The molecular weight excluding hydrogens is 470 g/mol. The third-order valence-electron chi connectivity index (χ3n) is 12.3. The second kappa shape index (κ2) is 12.6. The van der Waals surface area contributed by atoms with Gasteiger partial charge in [-0.1, -0.05) is 72.0 Å². The van der Waals surface area contributed by atoms with Crippen LogP contribution in [0.25, 0.3) is 0 Å². The standard InChI is InChI=1S/C34H59NO3/c1-23(2)10-9-11-24(3)28-15-16-29-27-14-13-26-22-25(31(38-32(35)37)12-7-6-8-21-36)17-19-33(26,4)30(27)18-20-34(28,29)5/h13,23-25,27-31,36H,6-12,14-22H2,1-5H3,(H2,35,37)/t24-,25?,27?,28-,29?,30?,31?,33+,34-/m1/s1. The number of aliphatic hydroxyl groups excluding tert-OH is 1. The van der Waals surface area contributed by atoms with Crippen LogP contribution in [0.4, 0.5) is 4.79 Å². The van der Waals surface area contributed by atoms with Gasteiger partial charge in [0.1, 0.15) is 6.10 Å². The SMILES string of the molecule is CC(C)CCC[C@@H](C)[C@H]1CCC2C3CC=C4CC(C(CCCCCO)OC(N)=O)CC[C@]4(C)C3CC[C@@]21C. The van der Waals surface area contributed by atoms with E-state index in [-0.39, 0.29) is 12.7 Å². The van der Waals surface area contributed by atoms with Crippen LogP contribution in [0.3, 0.4) is 0 Å². The normalized spacial score (nSPS) is 38.1. The van der Waals surface area contributed by atoms with E-state index in [4.69, 9.17) is 15.6 Å². The van der Waals surface area contributed by atoms with E-state index < -0.39 is 6.09 Å². The molecule has 3 N–H and O–H groups in total. The van der Waals surface area contributed by atoms with Crippen LogP contribution in [0.1, 0.15) is 131 Å². The lowest BCUT2D eigenvalue weighted by molar-refractivity contribution is -0.0578. The number of hydrogen-bond acceptors (Lipinski definition) is 3. The van der Waals surface area contributed by atoms with Gasteiger partial charge in [0.25, 0.3) is 0 Å². The highest BCUT2D eigenvalue weighted by Crippen LogP contribution is 2.67. The van der Waals surface area contributed by atoms with Gasteiger partial charge in [-0.2, -0.15) is 0 Å². The molecule has 0 bridgehead atoms. The molecule has 4 aliphatic carbocycles. The number of nitrogens with two attached hydrogens (primary N) is 1. The van der Waals surface area contributed by atoms with Crippen LogP contribution in [0.5, 0.6) is 0 Å². The quantitative estimate of drug-likeness (QED) is 0.196. The number of fused-ring (bicyclic) bond motifs is 5. The van der Waals surface area contributed by atoms with Gasteiger partial charge in [-0.25, -0.2) is 4.79 Å². The smallest absolute Gasteiger partial charge is 0.404 e. The average Bonchev–Trinajstić information content (AvgIpc) is 3.22. The maximum atomic E-state index is 11.7. The number of aliphatic hydroxyl groups is 1. The fourth-order valence-electron chi connectivity index (χ4n) is 10.2. The predicted molar refractivity (Wildman–Crippen MR) is 157 cm³/mol. The van der Waals surface area contributed by atoms with Crippen molar-refractivity contribution in [1.29, 1.82) is 0 Å². The van der Waals surface area contributed by atoms with E-state index in [0.29, 0.717) is 16.7 Å². The third-order valence-corrected chi connectivity index (χ3v) is 12.3. The summed E-state index contributed by atoms with van der Waals surface area (Å²) in [7, 11) is 0. The third kappa shape index (κ3) is 6.16. The molecular formula is C34H59NO3. The Morgan fingerprint density at radius 3 is 2.50 bits per heavy atom. The topological polar surface area (TPSA) is 72.6 Å². The number of hydrogen-bond donors (Lipinski definition) is 2. The summed E-state index contributed by atoms with van der Waals surface area (Å²) in [5.74, 6) is 5.53. The zero-order valence-corrected chi connectivity index (χ0v) is 25.4. The molecule has 0 aromatic heterocycles. The number of carbonyl (C=O) groups excluding carboxylic acids is 1. The zero-order chi connectivity index (χ0) is 27.5. The van der Waals surface area contributed by atoms with Gasteiger partial charge in [-0.15, -0.1) is 0 Å². The molecule has 0 heterocycles. The Hall–Kier alpha value is -1.03. The van der Waals surface area contributed by atoms with Crippen LogP contribution >= 0.6 is 0 Å². The highest BCUT2D eigenvalue weighted by Gasteiger charge is 2.59. The summed E-state index contributed by atoms with van der Waals surface area (Å²) in [6, 6.07) is 0. The van der Waals surface area contributed by atoms with E-state index in [0.717, 1.165) is 74.0 Å². The summed E-state index contributed by atoms with van der Waals surface area (Å²) >= 11 is 0. The van der Waals surface area contributed by atoms with Crippen molar-refractivity contribution in [2.75, 3.05) is 6.61 Å². The molecule has 0 aromatic carbocycles. The molecule has 38 heavy (non-hydrogen) atoms. The van der Waals surface area contributed by atoms with Crippen LogP contribution in [0, 0.1) is 52.3 Å². The van der Waals surface area contributed by atoms with Crippen molar-refractivity contribution < 1.29 is 14.6 Å². The minimum absolute atomic E-state index is 0.0863. The highest BCUT2D eigenvalue weighted by molar-refractivity contribution is 5.64. The first-order valence-electron chi connectivity index (χ1n) is 16.4. The van der Waals surface area contributed by atoms with Gasteiger partial charge in [-0.05, 0) is 123 Å². The molecule has 4 heteroatoms. The number of ether oxygens (including phenoxy) is 1. The Labute approximate surface area is 233 Å². The fourth-order valence-corrected chi connectivity index (χ4v) is 10.2. The first-order chi connectivity index (χ1) is 18.1. The number of primary amides is 1. The van der Waals surface area contributed by atoms with Gasteiger partial charge in [0, 0.05) is 6.61 Å². The molecule has 4 rings (SSSR count). The number of carbonyl (C=O) groups is 1. The maximum absolute atomic E-state index is 11.7. The van der Waals surface area contributed by atoms with Gasteiger partial charge >= 0.3 is 6.09 Å². The molecule has 4 nitrogen and oxygen atoms in total. The van der Waals surface area contributed by atoms with E-state index in [1.807, 2.05) is 0 Å². The summed E-state index contributed by atoms with van der Waals surface area (Å²) in [6.45, 7) is 12.8. The second-order valence-corrected chi connectivity index (χ2v) is 14.8. The van der Waals surface area contributed by atoms with Crippen LogP contribution in [-0.2, 0) is 4.74 Å². The Kier molecular flexibility index (Phi) is 9.97. The molecule has 0 saturated heterocycles. The summed E-state index contributed by atoms with van der Waals surface area (Å²) < 4.78 is 5.68. The van der Waals surface area contributed by atoms with Crippen LogP contribution in [0.15, 0.2) is 11.6 Å². The largest absolute Gasteiger partial charge is 0.446 e. The summed E-state index contributed by atoms with van der Waals surface area (Å²) in [6.07, 6.45) is 20.1. The lowest BCUT2D eigenvalue weighted by Crippen LogP contribution is -2.51. The van der Waals surface area contributed by atoms with Gasteiger partial charge < -0.3 is 15.6 Å². The van der Waals surface area contributed by atoms with Gasteiger partial charge in [0.2, 0.25) is 0 Å². The van der Waals surface area contributed by atoms with Crippen molar-refractivity contribution >= 4 is 6.09 Å². The van der Waals surface area contributed by atoms with E-state index in [1.54, 1.807) is 5.57 Å². The van der Waals surface area contributed by atoms with Gasteiger partial charge in [-0.3, -0.25) is 0 Å². The van der Waals surface area contributed by atoms with Crippen molar-refractivity contribution in [3.8, 4) is 0 Å². The lowest BCUT2D eigenvalue weighted by atomic mass is 9.46. The van der Waals surface area contributed by atoms with Crippen molar-refractivity contribution in [3.05, 3.63) is 11.6 Å². The Morgan fingerprint density at radius 2 is 1.79 bits per heavy atom. The Balaban J connectivity index is 1.43. The molecule has 0 spiro atoms. The molecule has 218 valence electrons. The van der Waals surface area contributed by atoms with Gasteiger partial charge in [0.05, 0.1) is 0 Å². The van der Waals surface area contributed by atoms with Crippen molar-refractivity contribution in [2.24, 2.45) is 58.0 Å². The van der Waals surface area contributed by atoms with E-state index >= 15 is 0 Å². The van der Waals surface area contributed by atoms with Crippen molar-refractivity contribution in [2.45, 2.75) is 137 Å². The molecule has 9 atom stereocenters. The van der Waals surface area contributed by atoms with E-state index in [2.05, 4.69) is 40.7 Å². The van der Waals surface area contributed by atoms with Crippen LogP contribution < -0.4 is 5.73 Å². The monoisotopic (exact) mass is 529 g/mol. The van der Waals surface area contributed by atoms with Crippen LogP contribution in [-0.4, -0.2) is 23.9 Å². The molecule has 5 unspecified atom stereocenters. The minimum Gasteiger partial charge on any atom is -0.446 e. The molecule has 3 fully saturated rings. The predicted octanol–water partition coefficient (Wildman–Crippen LogP) is 8.66. The van der Waals surface area contributed by atoms with Crippen LogP contribution in [0.2, 0.25) is 0 Å². The Bertz CT molecular complexity index is 823. The number of rotatable bonds is 12. The average molecular weight is 530 g/mol. The molecule has 0 radical (unpaired) electrons.